The number of fused-ring (bicyclic) bond motifs is 2. The molecule has 2 fully saturated rings. The van der Waals surface area contributed by atoms with Crippen LogP contribution in [0.1, 0.15) is 115 Å². The number of hydrogen-bond acceptors (Lipinski definition) is 11. The summed E-state index contributed by atoms with van der Waals surface area (Å²) in [7, 11) is 0. The van der Waals surface area contributed by atoms with Gasteiger partial charge in [-0.2, -0.15) is 29.2 Å². The lowest BCUT2D eigenvalue weighted by atomic mass is 9.89. The molecule has 2 aliphatic rings. The minimum absolute atomic E-state index is 0.189. The molecule has 1 unspecified atom stereocenters. The normalized spacial score (nSPS) is 17.2. The van der Waals surface area contributed by atoms with Gasteiger partial charge in [0.2, 0.25) is 17.1 Å². The van der Waals surface area contributed by atoms with E-state index in [1.165, 1.54) is 69.8 Å². The molecule has 2 aliphatic carbocycles. The number of anilines is 2. The van der Waals surface area contributed by atoms with Crippen LogP contribution in [0.25, 0.3) is 11.3 Å². The molecule has 2 saturated carbocycles. The van der Waals surface area contributed by atoms with Gasteiger partial charge in [-0.05, 0) is 55.6 Å². The zero-order valence-electron chi connectivity index (χ0n) is 27.2. The SMILES string of the molecule is CC(C)c1cnn2c(NCC3CCCCC3)nc(S(=O)[O-])nc12.CSc1nc(NCC2CCCCC2)n2ncc(C(C)C)c2n1. The van der Waals surface area contributed by atoms with Crippen molar-refractivity contribution < 1.29 is 8.76 Å². The third-order valence-corrected chi connectivity index (χ3v) is 9.90. The standard InChI is InChI=1S/C16H25N5S.C15H23N5O2S/c1-11(2)13-10-18-21-14(13)19-16(22-3)20-15(21)17-9-12-7-5-4-6-8-12;1-10(2)12-9-17-20-13(12)18-15(23(21)22)19-14(20)16-8-11-6-4-3-5-7-11/h10-12H,4-9H2,1-3H3,(H,17,19,20);9-11H,3-8H2,1-2H3,(H,21,22)(H,16,18,19)/p-1. The number of nitrogens with one attached hydrogen (secondary N) is 2. The number of aromatic nitrogens is 8. The molecule has 45 heavy (non-hydrogen) atoms. The van der Waals surface area contributed by atoms with E-state index in [1.54, 1.807) is 22.5 Å². The molecule has 0 aromatic carbocycles. The van der Waals surface area contributed by atoms with Crippen LogP contribution in [0.2, 0.25) is 0 Å². The molecule has 2 N–H and O–H groups in total. The molecule has 0 spiro atoms. The summed E-state index contributed by atoms with van der Waals surface area (Å²) in [5.74, 6) is 3.26. The molecule has 1 atom stereocenters. The minimum atomic E-state index is -2.46. The fourth-order valence-electron chi connectivity index (χ4n) is 6.21. The van der Waals surface area contributed by atoms with Gasteiger partial charge < -0.3 is 15.2 Å². The van der Waals surface area contributed by atoms with Gasteiger partial charge >= 0.3 is 0 Å². The maximum Gasteiger partial charge on any atom is 0.228 e. The molecule has 0 aliphatic heterocycles. The van der Waals surface area contributed by atoms with Crippen molar-refractivity contribution in [2.24, 2.45) is 11.8 Å². The van der Waals surface area contributed by atoms with Crippen molar-refractivity contribution in [3.05, 3.63) is 23.5 Å². The number of rotatable bonds is 10. The van der Waals surface area contributed by atoms with Crippen molar-refractivity contribution in [2.75, 3.05) is 30.0 Å². The molecule has 6 rings (SSSR count). The minimum Gasteiger partial charge on any atom is -0.766 e. The Hall–Kier alpha value is -2.84. The summed E-state index contributed by atoms with van der Waals surface area (Å²) in [4.78, 5) is 17.5. The third kappa shape index (κ3) is 8.31. The summed E-state index contributed by atoms with van der Waals surface area (Å²) >= 11 is -0.883. The van der Waals surface area contributed by atoms with E-state index < -0.39 is 11.1 Å². The molecule has 0 amide bonds. The average molecular weight is 656 g/mol. The van der Waals surface area contributed by atoms with E-state index in [2.05, 4.69) is 54.6 Å². The summed E-state index contributed by atoms with van der Waals surface area (Å²) < 4.78 is 26.1. The van der Waals surface area contributed by atoms with Crippen molar-refractivity contribution in [3.8, 4) is 0 Å². The highest BCUT2D eigenvalue weighted by Crippen LogP contribution is 2.27. The van der Waals surface area contributed by atoms with E-state index in [-0.39, 0.29) is 11.1 Å². The van der Waals surface area contributed by atoms with Crippen LogP contribution in [0, 0.1) is 11.8 Å². The van der Waals surface area contributed by atoms with E-state index in [4.69, 9.17) is 0 Å². The van der Waals surface area contributed by atoms with Crippen LogP contribution < -0.4 is 10.6 Å². The van der Waals surface area contributed by atoms with Crippen molar-refractivity contribution >= 4 is 46.0 Å². The molecule has 4 aromatic heterocycles. The van der Waals surface area contributed by atoms with Gasteiger partial charge in [0.1, 0.15) is 0 Å². The van der Waals surface area contributed by atoms with E-state index in [0.717, 1.165) is 41.3 Å². The Morgan fingerprint density at radius 1 is 0.778 bits per heavy atom. The second-order valence-corrected chi connectivity index (χ2v) is 14.5. The first-order valence-electron chi connectivity index (χ1n) is 16.4. The highest BCUT2D eigenvalue weighted by Gasteiger charge is 2.19. The van der Waals surface area contributed by atoms with Gasteiger partial charge in [-0.15, -0.1) is 0 Å². The van der Waals surface area contributed by atoms with Gasteiger partial charge in [0.05, 0.1) is 12.4 Å². The molecular weight excluding hydrogens is 609 g/mol. The second kappa shape index (κ2) is 15.6. The van der Waals surface area contributed by atoms with Crippen LogP contribution in [0.4, 0.5) is 11.9 Å². The first kappa shape index (κ1) is 33.5. The summed E-state index contributed by atoms with van der Waals surface area (Å²) in [5, 5.41) is 16.3. The predicted molar refractivity (Wildman–Crippen MR) is 179 cm³/mol. The van der Waals surface area contributed by atoms with Crippen LogP contribution in [0.3, 0.4) is 0 Å². The molecule has 0 saturated heterocycles. The van der Waals surface area contributed by atoms with Gasteiger partial charge in [0.15, 0.2) is 16.5 Å². The average Bonchev–Trinajstić information content (AvgIpc) is 3.69. The van der Waals surface area contributed by atoms with Crippen molar-refractivity contribution in [1.29, 1.82) is 0 Å². The molecule has 12 nitrogen and oxygen atoms in total. The lowest BCUT2D eigenvalue weighted by Gasteiger charge is -2.22. The Morgan fingerprint density at radius 2 is 1.24 bits per heavy atom. The van der Waals surface area contributed by atoms with E-state index >= 15 is 0 Å². The lowest BCUT2D eigenvalue weighted by molar-refractivity contribution is 0.372. The summed E-state index contributed by atoms with van der Waals surface area (Å²) in [6.45, 7) is 10.2. The Morgan fingerprint density at radius 3 is 1.69 bits per heavy atom. The summed E-state index contributed by atoms with van der Waals surface area (Å²) in [6, 6.07) is 0. The monoisotopic (exact) mass is 655 g/mol. The van der Waals surface area contributed by atoms with Crippen molar-refractivity contribution in [3.63, 3.8) is 0 Å². The Kier molecular flexibility index (Phi) is 11.6. The van der Waals surface area contributed by atoms with Gasteiger partial charge in [0, 0.05) is 35.3 Å². The number of thioether (sulfide) groups is 1. The van der Waals surface area contributed by atoms with Crippen LogP contribution in [-0.4, -0.2) is 67.3 Å². The Bertz CT molecular complexity index is 1580. The first-order valence-corrected chi connectivity index (χ1v) is 18.7. The zero-order chi connectivity index (χ0) is 31.9. The van der Waals surface area contributed by atoms with Crippen LogP contribution in [-0.2, 0) is 11.1 Å². The molecular formula is C31H47N10O2S2-. The largest absolute Gasteiger partial charge is 0.766 e. The molecule has 14 heteroatoms. The molecule has 4 aromatic rings. The maximum atomic E-state index is 11.3. The van der Waals surface area contributed by atoms with Gasteiger partial charge in [-0.3, -0.25) is 4.21 Å². The van der Waals surface area contributed by atoms with Crippen molar-refractivity contribution in [1.82, 2.24) is 39.2 Å². The van der Waals surface area contributed by atoms with E-state index in [0.29, 0.717) is 23.4 Å². The zero-order valence-corrected chi connectivity index (χ0v) is 28.8. The fraction of sp³-hybridized carbons (Fsp3) is 0.677. The summed E-state index contributed by atoms with van der Waals surface area (Å²) in [6.07, 6.45) is 18.7. The van der Waals surface area contributed by atoms with E-state index in [9.17, 15) is 8.76 Å². The maximum absolute atomic E-state index is 11.3. The third-order valence-electron chi connectivity index (χ3n) is 8.87. The lowest BCUT2D eigenvalue weighted by Crippen LogP contribution is -2.20. The number of nitrogens with zero attached hydrogens (tertiary/aromatic N) is 8. The second-order valence-electron chi connectivity index (χ2n) is 12.8. The highest BCUT2D eigenvalue weighted by atomic mass is 32.2. The molecule has 4 heterocycles. The van der Waals surface area contributed by atoms with E-state index in [1.807, 2.05) is 30.8 Å². The van der Waals surface area contributed by atoms with Crippen molar-refractivity contribution in [2.45, 2.75) is 114 Å². The van der Waals surface area contributed by atoms with Crippen LogP contribution in [0.15, 0.2) is 22.7 Å². The van der Waals surface area contributed by atoms with Crippen LogP contribution in [0.5, 0.6) is 0 Å². The summed E-state index contributed by atoms with van der Waals surface area (Å²) in [5.41, 5.74) is 3.58. The molecule has 0 radical (unpaired) electrons. The predicted octanol–water partition coefficient (Wildman–Crippen LogP) is 6.44. The quantitative estimate of drug-likeness (QED) is 0.143. The first-order chi connectivity index (χ1) is 21.7. The highest BCUT2D eigenvalue weighted by molar-refractivity contribution is 7.98. The number of hydrogen-bond donors (Lipinski definition) is 2. The smallest absolute Gasteiger partial charge is 0.228 e. The van der Waals surface area contributed by atoms with Crippen LogP contribution >= 0.6 is 11.8 Å². The topological polar surface area (TPSA) is 150 Å². The van der Waals surface area contributed by atoms with Gasteiger partial charge in [-0.1, -0.05) is 78.0 Å². The Balaban J connectivity index is 0.000000178. The molecule has 0 bridgehead atoms. The Labute approximate surface area is 272 Å². The molecule has 246 valence electrons. The van der Waals surface area contributed by atoms with Gasteiger partial charge in [0.25, 0.3) is 0 Å². The fourth-order valence-corrected chi connectivity index (χ4v) is 6.89. The van der Waals surface area contributed by atoms with Gasteiger partial charge in [-0.25, -0.2) is 9.97 Å².